The van der Waals surface area contributed by atoms with Crippen LogP contribution in [0.3, 0.4) is 0 Å². The normalized spacial score (nSPS) is 18.9. The molecule has 0 spiro atoms. The van der Waals surface area contributed by atoms with Gasteiger partial charge in [0.1, 0.15) is 17.3 Å². The van der Waals surface area contributed by atoms with Crippen molar-refractivity contribution in [1.29, 1.82) is 0 Å². The van der Waals surface area contributed by atoms with Crippen LogP contribution in [0.4, 0.5) is 11.4 Å². The number of imide groups is 2. The summed E-state index contributed by atoms with van der Waals surface area (Å²) < 4.78 is 10.0. The van der Waals surface area contributed by atoms with Crippen LogP contribution in [0.1, 0.15) is 45.9 Å². The minimum absolute atomic E-state index is 0.0999. The van der Waals surface area contributed by atoms with Crippen molar-refractivity contribution in [3.8, 4) is 11.5 Å². The first-order valence-corrected chi connectivity index (χ1v) is 14.9. The summed E-state index contributed by atoms with van der Waals surface area (Å²) in [5, 5.41) is 21.3. The number of imidazole rings is 1. The zero-order chi connectivity index (χ0) is 35.2. The van der Waals surface area contributed by atoms with Gasteiger partial charge in [-0.15, -0.1) is 0 Å². The topological polar surface area (TPSA) is 223 Å². The monoisotopic (exact) mass is 666 g/mol. The maximum Gasteiger partial charge on any atom is 0.308 e. The third-order valence-electron chi connectivity index (χ3n) is 7.59. The Morgan fingerprint density at radius 3 is 1.71 bits per heavy atom. The predicted molar refractivity (Wildman–Crippen MR) is 170 cm³/mol. The summed E-state index contributed by atoms with van der Waals surface area (Å²) >= 11 is 0. The van der Waals surface area contributed by atoms with Crippen LogP contribution in [0.5, 0.6) is 11.5 Å². The third-order valence-corrected chi connectivity index (χ3v) is 7.59. The maximum atomic E-state index is 13.4. The maximum absolute atomic E-state index is 13.4. The fourth-order valence-electron chi connectivity index (χ4n) is 5.28. The van der Waals surface area contributed by atoms with Crippen LogP contribution in [-0.4, -0.2) is 57.6 Å². The first-order valence-electron chi connectivity index (χ1n) is 14.9. The van der Waals surface area contributed by atoms with Gasteiger partial charge in [-0.1, -0.05) is 0 Å². The smallest absolute Gasteiger partial charge is 0.308 e. The first-order chi connectivity index (χ1) is 23.4. The number of aromatic nitrogens is 2. The molecule has 0 saturated carbocycles. The van der Waals surface area contributed by atoms with Crippen molar-refractivity contribution in [2.24, 2.45) is 20.5 Å². The molecule has 16 nitrogen and oxygen atoms in total. The van der Waals surface area contributed by atoms with Crippen LogP contribution in [-0.2, 0) is 28.8 Å². The summed E-state index contributed by atoms with van der Waals surface area (Å²) in [5.41, 5.74) is 1.64. The predicted octanol–water partition coefficient (Wildman–Crippen LogP) is 3.98. The second-order valence-corrected chi connectivity index (χ2v) is 11.0. The lowest BCUT2D eigenvalue weighted by atomic mass is 9.81. The van der Waals surface area contributed by atoms with Gasteiger partial charge in [0.15, 0.2) is 12.1 Å². The van der Waals surface area contributed by atoms with Crippen molar-refractivity contribution in [2.75, 3.05) is 0 Å². The number of nitrogens with one attached hydrogen (secondary N) is 3. The molecule has 2 aliphatic heterocycles. The molecule has 2 aromatic carbocycles. The lowest BCUT2D eigenvalue weighted by molar-refractivity contribution is -0.132. The summed E-state index contributed by atoms with van der Waals surface area (Å²) in [6, 6.07) is 9.91. The third kappa shape index (κ3) is 7.93. The molecule has 3 heterocycles. The number of amides is 4. The molecule has 0 radical (unpaired) electrons. The number of ether oxygens (including phenoxy) is 2. The number of esters is 2. The van der Waals surface area contributed by atoms with Gasteiger partial charge in [-0.25, -0.2) is 4.98 Å². The second-order valence-electron chi connectivity index (χ2n) is 11.0. The average Bonchev–Trinajstić information content (AvgIpc) is 3.58. The Balaban J connectivity index is 1.46. The molecule has 3 aromatic rings. The minimum Gasteiger partial charge on any atom is -0.427 e. The molecule has 0 saturated heterocycles. The Hall–Kier alpha value is -6.45. The number of rotatable bonds is 10. The highest BCUT2D eigenvalue weighted by atomic mass is 16.5. The standard InChI is InChI=1S/C33H30N8O8/c1-16-24(30(44)36-32(46)27(16)40-38-20-5-9-22(10-6-20)48-18(3)42)15-25(29-34-13-14-35-29)26-17(2)28(33(47)37-31(26)45)41-39-21-7-11-23(12-8-21)49-19(4)43/h5-14,25,27-28H,15H2,1-4H3,(H,34,35)(H,36,44,46)(H,37,45,47). The van der Waals surface area contributed by atoms with Gasteiger partial charge < -0.3 is 14.5 Å². The zero-order valence-electron chi connectivity index (χ0n) is 26.7. The summed E-state index contributed by atoms with van der Waals surface area (Å²) in [5.74, 6) is -3.63. The highest BCUT2D eigenvalue weighted by molar-refractivity contribution is 6.13. The van der Waals surface area contributed by atoms with Crippen LogP contribution in [0.15, 0.2) is 104 Å². The quantitative estimate of drug-likeness (QED) is 0.123. The number of carbonyl (C=O) groups excluding carboxylic acids is 6. The molecule has 16 heteroatoms. The number of carbonyl (C=O) groups is 6. The van der Waals surface area contributed by atoms with E-state index in [1.807, 2.05) is 0 Å². The van der Waals surface area contributed by atoms with Gasteiger partial charge in [0.05, 0.1) is 17.3 Å². The molecule has 0 aliphatic carbocycles. The van der Waals surface area contributed by atoms with E-state index in [0.717, 1.165) is 0 Å². The Morgan fingerprint density at radius 2 is 1.24 bits per heavy atom. The van der Waals surface area contributed by atoms with Crippen molar-refractivity contribution >= 4 is 46.9 Å². The van der Waals surface area contributed by atoms with Crippen molar-refractivity contribution in [3.63, 3.8) is 0 Å². The summed E-state index contributed by atoms with van der Waals surface area (Å²) in [6.45, 7) is 5.70. The number of hydrogen-bond acceptors (Lipinski definition) is 13. The van der Waals surface area contributed by atoms with Crippen LogP contribution in [0.25, 0.3) is 0 Å². The average molecular weight is 667 g/mol. The number of nitrogens with zero attached hydrogens (tertiary/aromatic N) is 5. The Kier molecular flexibility index (Phi) is 10.1. The number of H-pyrrole nitrogens is 1. The first kappa shape index (κ1) is 33.9. The van der Waals surface area contributed by atoms with Crippen molar-refractivity contribution in [1.82, 2.24) is 20.6 Å². The summed E-state index contributed by atoms with van der Waals surface area (Å²) in [4.78, 5) is 82.1. The molecular weight excluding hydrogens is 636 g/mol. The van der Waals surface area contributed by atoms with Crippen molar-refractivity contribution in [2.45, 2.75) is 52.1 Å². The Labute approximate surface area is 278 Å². The van der Waals surface area contributed by atoms with E-state index >= 15 is 0 Å². The largest absolute Gasteiger partial charge is 0.427 e. The highest BCUT2D eigenvalue weighted by Crippen LogP contribution is 2.37. The van der Waals surface area contributed by atoms with Gasteiger partial charge in [0, 0.05) is 37.4 Å². The fraction of sp³-hybridized carbons (Fsp3) is 0.242. The van der Waals surface area contributed by atoms with Gasteiger partial charge in [-0.2, -0.15) is 20.5 Å². The molecule has 0 bridgehead atoms. The number of hydrogen-bond donors (Lipinski definition) is 3. The van der Waals surface area contributed by atoms with E-state index in [2.05, 4.69) is 41.1 Å². The van der Waals surface area contributed by atoms with E-state index in [1.165, 1.54) is 44.3 Å². The van der Waals surface area contributed by atoms with E-state index in [9.17, 15) is 28.8 Å². The van der Waals surface area contributed by atoms with Gasteiger partial charge in [0.25, 0.3) is 23.6 Å². The van der Waals surface area contributed by atoms with Crippen LogP contribution in [0.2, 0.25) is 0 Å². The van der Waals surface area contributed by atoms with Gasteiger partial charge in [0.2, 0.25) is 0 Å². The molecule has 3 atom stereocenters. The van der Waals surface area contributed by atoms with Crippen LogP contribution >= 0.6 is 0 Å². The van der Waals surface area contributed by atoms with E-state index in [0.29, 0.717) is 34.3 Å². The van der Waals surface area contributed by atoms with E-state index < -0.39 is 53.6 Å². The molecule has 2 aliphatic rings. The SMILES string of the molecule is CC(=O)Oc1ccc(N=NC2C(=O)NC(=O)C(CC(C3=C(C)C(N=Nc4ccc(OC(C)=O)cc4)C(=O)NC3=O)c3ncc[nH]3)=C2C)cc1. The lowest BCUT2D eigenvalue weighted by Gasteiger charge is -2.29. The second kappa shape index (κ2) is 14.5. The van der Waals surface area contributed by atoms with Crippen molar-refractivity contribution < 1.29 is 38.2 Å². The minimum atomic E-state index is -1.19. The highest BCUT2D eigenvalue weighted by Gasteiger charge is 2.40. The van der Waals surface area contributed by atoms with Gasteiger partial charge in [-0.05, 0) is 79.9 Å². The number of benzene rings is 2. The Bertz CT molecular complexity index is 1940. The van der Waals surface area contributed by atoms with Gasteiger partial charge >= 0.3 is 11.9 Å². The molecule has 5 rings (SSSR count). The van der Waals surface area contributed by atoms with Gasteiger partial charge in [-0.3, -0.25) is 39.4 Å². The summed E-state index contributed by atoms with van der Waals surface area (Å²) in [7, 11) is 0. The molecular formula is C33H30N8O8. The summed E-state index contributed by atoms with van der Waals surface area (Å²) in [6.07, 6.45) is 2.93. The molecule has 3 N–H and O–H groups in total. The number of azo groups is 2. The molecule has 3 unspecified atom stereocenters. The Morgan fingerprint density at radius 1 is 0.755 bits per heavy atom. The lowest BCUT2D eigenvalue weighted by Crippen LogP contribution is -2.47. The van der Waals surface area contributed by atoms with E-state index in [1.54, 1.807) is 44.3 Å². The van der Waals surface area contributed by atoms with E-state index in [-0.39, 0.29) is 23.1 Å². The molecule has 1 aromatic heterocycles. The fourth-order valence-corrected chi connectivity index (χ4v) is 5.28. The molecule has 250 valence electrons. The van der Waals surface area contributed by atoms with Crippen LogP contribution < -0.4 is 20.1 Å². The molecule has 0 fully saturated rings. The van der Waals surface area contributed by atoms with Crippen LogP contribution in [0, 0.1) is 0 Å². The molecule has 4 amide bonds. The van der Waals surface area contributed by atoms with E-state index in [4.69, 9.17) is 9.47 Å². The zero-order valence-corrected chi connectivity index (χ0v) is 26.7. The van der Waals surface area contributed by atoms with Crippen molar-refractivity contribution in [3.05, 3.63) is 89.0 Å². The number of aromatic amines is 1. The molecule has 49 heavy (non-hydrogen) atoms.